The van der Waals surface area contributed by atoms with Crippen molar-refractivity contribution in [3.8, 4) is 5.75 Å². The molecule has 1 amide bonds. The Bertz CT molecular complexity index is 967. The van der Waals surface area contributed by atoms with E-state index in [0.717, 1.165) is 11.3 Å². The highest BCUT2D eigenvalue weighted by molar-refractivity contribution is 6.01. The molecule has 0 aliphatic carbocycles. The van der Waals surface area contributed by atoms with Gasteiger partial charge in [0.05, 0.1) is 13.7 Å². The molecule has 0 unspecified atom stereocenters. The summed E-state index contributed by atoms with van der Waals surface area (Å²) in [5, 5.41) is 6.96. The number of methoxy groups -OCH3 is 1. The van der Waals surface area contributed by atoms with Gasteiger partial charge in [-0.25, -0.2) is 0 Å². The molecule has 0 bridgehead atoms. The van der Waals surface area contributed by atoms with Crippen molar-refractivity contribution in [2.24, 2.45) is 0 Å². The van der Waals surface area contributed by atoms with E-state index in [9.17, 15) is 9.59 Å². The Balaban J connectivity index is 1.56. The van der Waals surface area contributed by atoms with Gasteiger partial charge in [0.25, 0.3) is 0 Å². The van der Waals surface area contributed by atoms with E-state index in [4.69, 9.17) is 9.15 Å². The SMILES string of the molecule is COc1ccc(C=CC(=O)Nc2ccn(Cc3ccc(C(C)=O)o3)n2)cc1. The van der Waals surface area contributed by atoms with Crippen LogP contribution >= 0.6 is 0 Å². The lowest BCUT2D eigenvalue weighted by Gasteiger charge is -2.00. The van der Waals surface area contributed by atoms with Crippen LogP contribution < -0.4 is 10.1 Å². The monoisotopic (exact) mass is 365 g/mol. The topological polar surface area (TPSA) is 86.4 Å². The van der Waals surface area contributed by atoms with Crippen molar-refractivity contribution in [1.29, 1.82) is 0 Å². The van der Waals surface area contributed by atoms with E-state index < -0.39 is 0 Å². The predicted octanol–water partition coefficient (Wildman–Crippen LogP) is 3.39. The van der Waals surface area contributed by atoms with Crippen LogP contribution in [0.5, 0.6) is 5.75 Å². The fraction of sp³-hybridized carbons (Fsp3) is 0.150. The fourth-order valence-corrected chi connectivity index (χ4v) is 2.38. The van der Waals surface area contributed by atoms with Gasteiger partial charge in [0.2, 0.25) is 5.91 Å². The third kappa shape index (κ3) is 4.94. The Morgan fingerprint density at radius 1 is 1.19 bits per heavy atom. The molecular formula is C20H19N3O4. The molecular weight excluding hydrogens is 346 g/mol. The fourth-order valence-electron chi connectivity index (χ4n) is 2.38. The first-order valence-electron chi connectivity index (χ1n) is 8.30. The number of amides is 1. The zero-order valence-electron chi connectivity index (χ0n) is 15.0. The van der Waals surface area contributed by atoms with Crippen LogP contribution in [0.3, 0.4) is 0 Å². The molecule has 27 heavy (non-hydrogen) atoms. The first-order chi connectivity index (χ1) is 13.0. The maximum Gasteiger partial charge on any atom is 0.249 e. The van der Waals surface area contributed by atoms with Gasteiger partial charge >= 0.3 is 0 Å². The lowest BCUT2D eigenvalue weighted by atomic mass is 10.2. The van der Waals surface area contributed by atoms with Crippen molar-refractivity contribution < 1.29 is 18.7 Å². The van der Waals surface area contributed by atoms with Gasteiger partial charge in [-0.2, -0.15) is 5.10 Å². The van der Waals surface area contributed by atoms with Gasteiger partial charge in [-0.3, -0.25) is 14.3 Å². The third-order valence-corrected chi connectivity index (χ3v) is 3.76. The summed E-state index contributed by atoms with van der Waals surface area (Å²) < 4.78 is 12.1. The summed E-state index contributed by atoms with van der Waals surface area (Å²) in [5.74, 6) is 1.70. The van der Waals surface area contributed by atoms with Crippen LogP contribution in [0.2, 0.25) is 0 Å². The molecule has 7 heteroatoms. The van der Waals surface area contributed by atoms with Crippen LogP contribution in [0.1, 0.15) is 28.8 Å². The van der Waals surface area contributed by atoms with Crippen molar-refractivity contribution in [3.05, 3.63) is 71.8 Å². The Morgan fingerprint density at radius 2 is 1.96 bits per heavy atom. The number of furan rings is 1. The van der Waals surface area contributed by atoms with Gasteiger partial charge in [0.1, 0.15) is 11.5 Å². The lowest BCUT2D eigenvalue weighted by Crippen LogP contribution is -2.09. The van der Waals surface area contributed by atoms with Crippen molar-refractivity contribution >= 4 is 23.6 Å². The molecule has 0 aliphatic heterocycles. The molecule has 0 fully saturated rings. The number of nitrogens with zero attached hydrogens (tertiary/aromatic N) is 2. The van der Waals surface area contributed by atoms with E-state index in [1.54, 1.807) is 42.3 Å². The molecule has 1 aromatic carbocycles. The number of anilines is 1. The molecule has 138 valence electrons. The molecule has 2 heterocycles. The van der Waals surface area contributed by atoms with E-state index in [1.165, 1.54) is 13.0 Å². The number of benzene rings is 1. The molecule has 0 aliphatic rings. The average Bonchev–Trinajstić information content (AvgIpc) is 3.30. The highest BCUT2D eigenvalue weighted by atomic mass is 16.5. The Labute approximate surface area is 156 Å². The second-order valence-electron chi connectivity index (χ2n) is 5.82. The molecule has 3 rings (SSSR count). The van der Waals surface area contributed by atoms with Gasteiger partial charge in [0, 0.05) is 25.3 Å². The molecule has 3 aromatic rings. The van der Waals surface area contributed by atoms with Gasteiger partial charge in [-0.15, -0.1) is 0 Å². The molecule has 0 radical (unpaired) electrons. The minimum absolute atomic E-state index is 0.127. The average molecular weight is 365 g/mol. The number of Topliss-reactive ketones (excluding diaryl/α,β-unsaturated/α-hetero) is 1. The second kappa shape index (κ2) is 8.18. The molecule has 2 aromatic heterocycles. The van der Waals surface area contributed by atoms with E-state index in [-0.39, 0.29) is 11.7 Å². The summed E-state index contributed by atoms with van der Waals surface area (Å²) in [7, 11) is 1.60. The zero-order chi connectivity index (χ0) is 19.2. The summed E-state index contributed by atoms with van der Waals surface area (Å²) in [4.78, 5) is 23.3. The molecule has 1 N–H and O–H groups in total. The number of rotatable bonds is 7. The maximum absolute atomic E-state index is 12.0. The highest BCUT2D eigenvalue weighted by Crippen LogP contribution is 2.13. The van der Waals surface area contributed by atoms with Crippen LogP contribution in [0.25, 0.3) is 6.08 Å². The molecule has 0 saturated carbocycles. The lowest BCUT2D eigenvalue weighted by molar-refractivity contribution is -0.111. The Hall–Kier alpha value is -3.61. The van der Waals surface area contributed by atoms with Crippen molar-refractivity contribution in [2.45, 2.75) is 13.5 Å². The maximum atomic E-state index is 12.0. The second-order valence-corrected chi connectivity index (χ2v) is 5.82. The van der Waals surface area contributed by atoms with Crippen molar-refractivity contribution in [1.82, 2.24) is 9.78 Å². The molecule has 0 atom stereocenters. The predicted molar refractivity (Wildman–Crippen MR) is 101 cm³/mol. The first-order valence-corrected chi connectivity index (χ1v) is 8.30. The van der Waals surface area contributed by atoms with Gasteiger partial charge < -0.3 is 14.5 Å². The quantitative estimate of drug-likeness (QED) is 0.512. The summed E-state index contributed by atoms with van der Waals surface area (Å²) in [6.07, 6.45) is 4.86. The number of ketones is 1. The summed E-state index contributed by atoms with van der Waals surface area (Å²) in [5.41, 5.74) is 0.885. The van der Waals surface area contributed by atoms with Crippen molar-refractivity contribution in [2.75, 3.05) is 12.4 Å². The summed E-state index contributed by atoms with van der Waals surface area (Å²) >= 11 is 0. The van der Waals surface area contributed by atoms with Crippen LogP contribution in [0.4, 0.5) is 5.82 Å². The number of carbonyl (C=O) groups excluding carboxylic acids is 2. The molecule has 0 saturated heterocycles. The number of hydrogen-bond donors (Lipinski definition) is 1. The van der Waals surface area contributed by atoms with E-state index in [1.807, 2.05) is 24.3 Å². The minimum atomic E-state index is -0.284. The van der Waals surface area contributed by atoms with E-state index >= 15 is 0 Å². The summed E-state index contributed by atoms with van der Waals surface area (Å²) in [6.45, 7) is 1.81. The minimum Gasteiger partial charge on any atom is -0.497 e. The third-order valence-electron chi connectivity index (χ3n) is 3.76. The van der Waals surface area contributed by atoms with Crippen LogP contribution in [-0.2, 0) is 11.3 Å². The summed E-state index contributed by atoms with van der Waals surface area (Å²) in [6, 6.07) is 12.4. The van der Waals surface area contributed by atoms with Crippen LogP contribution in [-0.4, -0.2) is 28.6 Å². The smallest absolute Gasteiger partial charge is 0.249 e. The number of hydrogen-bond acceptors (Lipinski definition) is 5. The standard InChI is InChI=1S/C20H19N3O4/c1-14(24)18-9-8-17(27-18)13-23-12-11-19(22-23)21-20(25)10-5-15-3-6-16(26-2)7-4-15/h3-12H,13H2,1-2H3,(H,21,22,25). The van der Waals surface area contributed by atoms with Crippen LogP contribution in [0, 0.1) is 0 Å². The molecule has 0 spiro atoms. The molecule has 7 nitrogen and oxygen atoms in total. The largest absolute Gasteiger partial charge is 0.497 e. The highest BCUT2D eigenvalue weighted by Gasteiger charge is 2.08. The van der Waals surface area contributed by atoms with Crippen molar-refractivity contribution in [3.63, 3.8) is 0 Å². The number of nitrogens with one attached hydrogen (secondary N) is 1. The number of aromatic nitrogens is 2. The first kappa shape index (κ1) is 18.2. The Morgan fingerprint density at radius 3 is 2.63 bits per heavy atom. The van der Waals surface area contributed by atoms with E-state index in [0.29, 0.717) is 23.9 Å². The number of ether oxygens (including phenoxy) is 1. The van der Waals surface area contributed by atoms with E-state index in [2.05, 4.69) is 10.4 Å². The van der Waals surface area contributed by atoms with Gasteiger partial charge in [-0.05, 0) is 35.9 Å². The van der Waals surface area contributed by atoms with Gasteiger partial charge in [0.15, 0.2) is 17.4 Å². The zero-order valence-corrected chi connectivity index (χ0v) is 15.0. The van der Waals surface area contributed by atoms with Gasteiger partial charge in [-0.1, -0.05) is 12.1 Å². The normalized spacial score (nSPS) is 10.9. The number of carbonyl (C=O) groups is 2. The Kier molecular flexibility index (Phi) is 5.51. The van der Waals surface area contributed by atoms with Crippen LogP contribution in [0.15, 0.2) is 59.2 Å².